The molecule has 0 saturated heterocycles. The highest BCUT2D eigenvalue weighted by atomic mass is 32.2. The van der Waals surface area contributed by atoms with Crippen molar-refractivity contribution in [1.82, 2.24) is 9.88 Å². The summed E-state index contributed by atoms with van der Waals surface area (Å²) in [4.78, 5) is 16.4. The van der Waals surface area contributed by atoms with Gasteiger partial charge in [-0.1, -0.05) is 6.07 Å². The van der Waals surface area contributed by atoms with E-state index in [2.05, 4.69) is 4.98 Å². The van der Waals surface area contributed by atoms with Crippen molar-refractivity contribution in [3.8, 4) is 6.07 Å². The van der Waals surface area contributed by atoms with E-state index in [1.54, 1.807) is 6.07 Å². The van der Waals surface area contributed by atoms with Gasteiger partial charge in [-0.3, -0.25) is 4.79 Å². The number of nitrogens with zero attached hydrogens (tertiary/aromatic N) is 3. The fourth-order valence-electron chi connectivity index (χ4n) is 1.26. The lowest BCUT2D eigenvalue weighted by atomic mass is 10.2. The topological polar surface area (TPSA) is 91.1 Å². The summed E-state index contributed by atoms with van der Waals surface area (Å²) >= 11 is 0. The zero-order valence-corrected chi connectivity index (χ0v) is 10.9. The summed E-state index contributed by atoms with van der Waals surface area (Å²) in [5, 5.41) is 8.80. The van der Waals surface area contributed by atoms with Crippen molar-refractivity contribution in [2.24, 2.45) is 0 Å². The van der Waals surface area contributed by atoms with Crippen LogP contribution < -0.4 is 0 Å². The quantitative estimate of drug-likeness (QED) is 0.763. The summed E-state index contributed by atoms with van der Waals surface area (Å²) in [6, 6.07) is 4.90. The van der Waals surface area contributed by atoms with Crippen LogP contribution in [0.5, 0.6) is 0 Å². The Morgan fingerprint density at radius 3 is 2.72 bits per heavy atom. The Morgan fingerprint density at radius 2 is 2.17 bits per heavy atom. The molecule has 0 atom stereocenters. The van der Waals surface area contributed by atoms with Crippen LogP contribution in [0.3, 0.4) is 0 Å². The van der Waals surface area contributed by atoms with Crippen molar-refractivity contribution in [1.29, 1.82) is 5.26 Å². The maximum Gasteiger partial charge on any atom is 0.237 e. The van der Waals surface area contributed by atoms with Crippen molar-refractivity contribution in [3.05, 3.63) is 29.6 Å². The Labute approximate surface area is 106 Å². The summed E-state index contributed by atoms with van der Waals surface area (Å²) < 4.78 is 23.6. The molecule has 96 valence electrons. The average Bonchev–Trinajstić information content (AvgIpc) is 2.28. The van der Waals surface area contributed by atoms with E-state index < -0.39 is 21.5 Å². The van der Waals surface area contributed by atoms with Crippen LogP contribution in [0.15, 0.2) is 18.3 Å². The van der Waals surface area contributed by atoms with Gasteiger partial charge >= 0.3 is 0 Å². The minimum Gasteiger partial charge on any atom is -0.348 e. The first-order chi connectivity index (χ1) is 8.35. The fourth-order valence-corrected chi connectivity index (χ4v) is 2.70. The van der Waals surface area contributed by atoms with Gasteiger partial charge in [0.1, 0.15) is 17.5 Å². The standard InChI is InChI=1S/C11H13N3O3S/c1-14(2)11(15)8-18(16,17)7-9-4-3-5-13-10(9)6-12/h3-5H,7-8H2,1-2H3. The lowest BCUT2D eigenvalue weighted by molar-refractivity contribution is -0.125. The van der Waals surface area contributed by atoms with Crippen molar-refractivity contribution >= 4 is 15.7 Å². The van der Waals surface area contributed by atoms with Gasteiger partial charge in [-0.05, 0) is 6.07 Å². The maximum atomic E-state index is 11.8. The molecule has 0 aliphatic rings. The third kappa shape index (κ3) is 3.82. The van der Waals surface area contributed by atoms with E-state index in [1.807, 2.05) is 6.07 Å². The lowest BCUT2D eigenvalue weighted by Gasteiger charge is -2.10. The largest absolute Gasteiger partial charge is 0.348 e. The van der Waals surface area contributed by atoms with E-state index in [-0.39, 0.29) is 11.4 Å². The van der Waals surface area contributed by atoms with E-state index in [1.165, 1.54) is 31.3 Å². The summed E-state index contributed by atoms with van der Waals surface area (Å²) in [5.74, 6) is -1.42. The molecule has 1 heterocycles. The van der Waals surface area contributed by atoms with Crippen LogP contribution in [0, 0.1) is 11.3 Å². The number of hydrogen-bond donors (Lipinski definition) is 0. The van der Waals surface area contributed by atoms with E-state index in [0.29, 0.717) is 5.56 Å². The number of nitriles is 1. The monoisotopic (exact) mass is 267 g/mol. The van der Waals surface area contributed by atoms with Crippen LogP contribution in [0.1, 0.15) is 11.3 Å². The summed E-state index contributed by atoms with van der Waals surface area (Å²) in [6.07, 6.45) is 1.42. The van der Waals surface area contributed by atoms with Gasteiger partial charge in [-0.25, -0.2) is 13.4 Å². The van der Waals surface area contributed by atoms with E-state index in [4.69, 9.17) is 5.26 Å². The number of aromatic nitrogens is 1. The Balaban J connectivity index is 2.90. The Morgan fingerprint density at radius 1 is 1.50 bits per heavy atom. The number of amides is 1. The predicted molar refractivity (Wildman–Crippen MR) is 65.1 cm³/mol. The molecule has 0 spiro atoms. The molecule has 6 nitrogen and oxygen atoms in total. The van der Waals surface area contributed by atoms with E-state index in [9.17, 15) is 13.2 Å². The zero-order chi connectivity index (χ0) is 13.8. The molecular weight excluding hydrogens is 254 g/mol. The van der Waals surface area contributed by atoms with Gasteiger partial charge in [0.05, 0.1) is 5.75 Å². The van der Waals surface area contributed by atoms with Crippen LogP contribution in [-0.4, -0.2) is 44.1 Å². The van der Waals surface area contributed by atoms with Gasteiger partial charge in [-0.15, -0.1) is 0 Å². The highest BCUT2D eigenvalue weighted by Gasteiger charge is 2.20. The Hall–Kier alpha value is -1.94. The first kappa shape index (κ1) is 14.1. The molecule has 18 heavy (non-hydrogen) atoms. The molecule has 0 aliphatic carbocycles. The second kappa shape index (κ2) is 5.60. The lowest BCUT2D eigenvalue weighted by Crippen LogP contribution is -2.29. The summed E-state index contributed by atoms with van der Waals surface area (Å²) in [6.45, 7) is 0. The maximum absolute atomic E-state index is 11.8. The minimum atomic E-state index is -3.59. The molecule has 1 rings (SSSR count). The van der Waals surface area contributed by atoms with Crippen molar-refractivity contribution in [2.75, 3.05) is 19.8 Å². The molecule has 0 radical (unpaired) electrons. The Kier molecular flexibility index (Phi) is 4.39. The number of carbonyl (C=O) groups excluding carboxylic acids is 1. The summed E-state index contributed by atoms with van der Waals surface area (Å²) in [7, 11) is -0.616. The second-order valence-corrected chi connectivity index (χ2v) is 6.01. The molecule has 0 unspecified atom stereocenters. The predicted octanol–water partition coefficient (Wildman–Crippen LogP) is -0.0437. The molecule has 1 amide bonds. The molecular formula is C11H13N3O3S. The number of rotatable bonds is 4. The third-order valence-corrected chi connectivity index (χ3v) is 3.65. The fraction of sp³-hybridized carbons (Fsp3) is 0.364. The van der Waals surface area contributed by atoms with Gasteiger partial charge in [0.2, 0.25) is 5.91 Å². The zero-order valence-electron chi connectivity index (χ0n) is 10.1. The minimum absolute atomic E-state index is 0.0679. The first-order valence-corrected chi connectivity index (χ1v) is 6.92. The average molecular weight is 267 g/mol. The van der Waals surface area contributed by atoms with Gasteiger partial charge in [0.25, 0.3) is 0 Å². The number of carbonyl (C=O) groups is 1. The van der Waals surface area contributed by atoms with Crippen molar-refractivity contribution < 1.29 is 13.2 Å². The molecule has 0 aromatic carbocycles. The summed E-state index contributed by atoms with van der Waals surface area (Å²) in [5.41, 5.74) is 0.380. The smallest absolute Gasteiger partial charge is 0.237 e. The van der Waals surface area contributed by atoms with E-state index in [0.717, 1.165) is 0 Å². The highest BCUT2D eigenvalue weighted by Crippen LogP contribution is 2.10. The van der Waals surface area contributed by atoms with Crippen LogP contribution in [0.25, 0.3) is 0 Å². The van der Waals surface area contributed by atoms with Crippen LogP contribution in [-0.2, 0) is 20.4 Å². The Bertz CT molecular complexity index is 588. The molecule has 0 fully saturated rings. The van der Waals surface area contributed by atoms with Gasteiger partial charge in [0.15, 0.2) is 9.84 Å². The van der Waals surface area contributed by atoms with E-state index >= 15 is 0 Å². The molecule has 1 aromatic heterocycles. The van der Waals surface area contributed by atoms with Crippen LogP contribution >= 0.6 is 0 Å². The number of pyridine rings is 1. The third-order valence-electron chi connectivity index (χ3n) is 2.21. The van der Waals surface area contributed by atoms with Gasteiger partial charge in [-0.2, -0.15) is 5.26 Å². The van der Waals surface area contributed by atoms with Crippen molar-refractivity contribution in [3.63, 3.8) is 0 Å². The van der Waals surface area contributed by atoms with Gasteiger partial charge in [0, 0.05) is 25.9 Å². The normalized spacial score (nSPS) is 10.7. The SMILES string of the molecule is CN(C)C(=O)CS(=O)(=O)Cc1cccnc1C#N. The number of hydrogen-bond acceptors (Lipinski definition) is 5. The molecule has 0 bridgehead atoms. The molecule has 0 saturated carbocycles. The van der Waals surface area contributed by atoms with Crippen molar-refractivity contribution in [2.45, 2.75) is 5.75 Å². The molecule has 7 heteroatoms. The number of sulfone groups is 1. The van der Waals surface area contributed by atoms with Crippen LogP contribution in [0.4, 0.5) is 0 Å². The highest BCUT2D eigenvalue weighted by molar-refractivity contribution is 7.91. The molecule has 1 aromatic rings. The molecule has 0 aliphatic heterocycles. The second-order valence-electron chi connectivity index (χ2n) is 3.94. The van der Waals surface area contributed by atoms with Gasteiger partial charge < -0.3 is 4.90 Å². The van der Waals surface area contributed by atoms with Crippen LogP contribution in [0.2, 0.25) is 0 Å². The molecule has 0 N–H and O–H groups in total. The first-order valence-electron chi connectivity index (χ1n) is 5.10.